The number of carbonyl (C=O) groups excluding carboxylic acids is 2. The number of aliphatic hydroxyl groups excluding tert-OH is 2. The number of ketones is 2. The van der Waals surface area contributed by atoms with Gasteiger partial charge in [-0.25, -0.2) is 0 Å². The molecule has 2 rings (SSSR count). The molecule has 0 fully saturated rings. The zero-order chi connectivity index (χ0) is 30.5. The summed E-state index contributed by atoms with van der Waals surface area (Å²) < 4.78 is 70.8. The number of aryl methyl sites for hydroxylation is 1. The molecule has 0 amide bonds. The first-order valence-electron chi connectivity index (χ1n) is 12.6. The van der Waals surface area contributed by atoms with E-state index in [4.69, 9.17) is 4.74 Å². The van der Waals surface area contributed by atoms with Crippen LogP contribution >= 0.6 is 0 Å². The second kappa shape index (κ2) is 12.2. The zero-order valence-corrected chi connectivity index (χ0v) is 23.2. The van der Waals surface area contributed by atoms with E-state index in [0.29, 0.717) is 17.9 Å². The zero-order valence-electron chi connectivity index (χ0n) is 23.2. The molecule has 0 aliphatic rings. The average Bonchev–Trinajstić information content (AvgIpc) is 2.91. The summed E-state index contributed by atoms with van der Waals surface area (Å²) in [5.41, 5.74) is -4.54. The Morgan fingerprint density at radius 2 is 1.10 bits per heavy atom. The third-order valence-corrected chi connectivity index (χ3v) is 7.31. The topological polar surface area (TPSA) is 93.1 Å². The van der Waals surface area contributed by atoms with Gasteiger partial charge in [-0.1, -0.05) is 43.7 Å². The van der Waals surface area contributed by atoms with Crippen LogP contribution in [0.2, 0.25) is 0 Å². The molecule has 10 heteroatoms. The van der Waals surface area contributed by atoms with Crippen LogP contribution in [-0.2, 0) is 14.3 Å². The maximum absolute atomic E-state index is 15.4. The van der Waals surface area contributed by atoms with Gasteiger partial charge in [0.1, 0.15) is 28.1 Å². The molecule has 0 spiro atoms. The monoisotopic (exact) mass is 566 g/mol. The fourth-order valence-corrected chi connectivity index (χ4v) is 3.65. The number of hydrogen-bond acceptors (Lipinski definition) is 6. The van der Waals surface area contributed by atoms with Crippen molar-refractivity contribution in [3.05, 3.63) is 77.4 Å². The number of halogens is 4. The van der Waals surface area contributed by atoms with Crippen molar-refractivity contribution in [2.75, 3.05) is 7.11 Å². The largest absolute Gasteiger partial charge is 0.507 e. The molecule has 2 N–H and O–H groups in total. The van der Waals surface area contributed by atoms with Crippen molar-refractivity contribution in [1.82, 2.24) is 0 Å². The van der Waals surface area contributed by atoms with E-state index in [2.05, 4.69) is 4.74 Å². The van der Waals surface area contributed by atoms with Gasteiger partial charge in [-0.2, -0.15) is 17.6 Å². The lowest BCUT2D eigenvalue weighted by Crippen LogP contribution is -2.55. The Balaban J connectivity index is 2.39. The van der Waals surface area contributed by atoms with E-state index in [1.165, 1.54) is 57.4 Å². The van der Waals surface area contributed by atoms with Gasteiger partial charge in [-0.15, -0.1) is 0 Å². The van der Waals surface area contributed by atoms with Crippen LogP contribution in [0.1, 0.15) is 57.2 Å². The number of aliphatic hydroxyl groups is 2. The summed E-state index contributed by atoms with van der Waals surface area (Å²) in [7, 11) is 1.42. The van der Waals surface area contributed by atoms with Gasteiger partial charge < -0.3 is 14.9 Å². The van der Waals surface area contributed by atoms with Gasteiger partial charge in [0.2, 0.25) is 0 Å². The van der Waals surface area contributed by atoms with Crippen molar-refractivity contribution in [3.8, 4) is 5.75 Å². The third-order valence-electron chi connectivity index (χ3n) is 7.31. The van der Waals surface area contributed by atoms with Gasteiger partial charge in [-0.3, -0.25) is 14.3 Å². The van der Waals surface area contributed by atoms with Crippen LogP contribution in [0.4, 0.5) is 17.6 Å². The molecular weight excluding hydrogens is 532 g/mol. The molecule has 2 atom stereocenters. The minimum absolute atomic E-state index is 0.103. The Bertz CT molecular complexity index is 1270. The Morgan fingerprint density at radius 1 is 0.750 bits per heavy atom. The first-order chi connectivity index (χ1) is 18.5. The van der Waals surface area contributed by atoms with Gasteiger partial charge in [-0.05, 0) is 57.9 Å². The summed E-state index contributed by atoms with van der Waals surface area (Å²) in [5, 5.41) is 20.6. The number of allylic oxidation sites excluding steroid dienone is 2. The number of hydrogen-bond donors (Lipinski definition) is 2. The predicted octanol–water partition coefficient (Wildman–Crippen LogP) is 7.67. The molecule has 2 aromatic carbocycles. The van der Waals surface area contributed by atoms with E-state index in [-0.39, 0.29) is 11.1 Å². The van der Waals surface area contributed by atoms with Gasteiger partial charge in [0.15, 0.2) is 11.6 Å². The summed E-state index contributed by atoms with van der Waals surface area (Å²) >= 11 is 0. The molecule has 0 saturated carbocycles. The Labute approximate surface area is 230 Å². The maximum Gasteiger partial charge on any atom is 0.372 e. The Morgan fingerprint density at radius 3 is 1.43 bits per heavy atom. The van der Waals surface area contributed by atoms with Gasteiger partial charge in [0, 0.05) is 23.3 Å². The quantitative estimate of drug-likeness (QED) is 0.147. The van der Waals surface area contributed by atoms with E-state index in [1.807, 2.05) is 0 Å². The second-order valence-electron chi connectivity index (χ2n) is 9.89. The highest BCUT2D eigenvalue weighted by molar-refractivity contribution is 6.00. The number of carbonyl (C=O) groups is 2. The van der Waals surface area contributed by atoms with E-state index >= 15 is 17.6 Å². The van der Waals surface area contributed by atoms with Crippen LogP contribution in [0.15, 0.2) is 60.7 Å². The van der Waals surface area contributed by atoms with Crippen LogP contribution in [0, 0.1) is 17.8 Å². The Hall–Kier alpha value is -3.66. The molecule has 218 valence electrons. The average molecular weight is 567 g/mol. The van der Waals surface area contributed by atoms with E-state index < -0.39 is 59.0 Å². The fourth-order valence-electron chi connectivity index (χ4n) is 3.65. The van der Waals surface area contributed by atoms with E-state index in [0.717, 1.165) is 19.4 Å². The lowest BCUT2D eigenvalue weighted by Gasteiger charge is -2.40. The summed E-state index contributed by atoms with van der Waals surface area (Å²) in [5.74, 6) is -3.57. The fraction of sp³-hybridized carbons (Fsp3) is 0.400. The molecule has 0 aliphatic carbocycles. The van der Waals surface area contributed by atoms with Gasteiger partial charge in [0.05, 0.1) is 7.11 Å². The third kappa shape index (κ3) is 6.55. The molecule has 0 heterocycles. The van der Waals surface area contributed by atoms with Crippen molar-refractivity contribution in [2.45, 2.75) is 59.7 Å². The molecule has 2 unspecified atom stereocenters. The van der Waals surface area contributed by atoms with Crippen molar-refractivity contribution in [2.24, 2.45) is 10.8 Å². The molecule has 0 aromatic heterocycles. The lowest BCUT2D eigenvalue weighted by atomic mass is 9.79. The minimum atomic E-state index is -4.78. The van der Waals surface area contributed by atoms with Crippen LogP contribution in [0.5, 0.6) is 5.75 Å². The number of alkyl halides is 4. The Kier molecular flexibility index (Phi) is 9.96. The van der Waals surface area contributed by atoms with Crippen molar-refractivity contribution in [3.63, 3.8) is 0 Å². The first-order valence-corrected chi connectivity index (χ1v) is 12.6. The second-order valence-corrected chi connectivity index (χ2v) is 9.89. The highest BCUT2D eigenvalue weighted by Gasteiger charge is 2.65. The standard InChI is InChI=1S/C30H34F4O6/c1-7-27(4,25(37)17-23(35)20-11-9-19(3)10-12-20)29(31,32)40-30(33,34)28(5,8-2)26(38)18-24(36)21-13-15-22(39-6)16-14-21/h9-18,35-36H,7-8H2,1-6H3/b23-17-,24-18-. The van der Waals surface area contributed by atoms with Crippen molar-refractivity contribution < 1.29 is 46.8 Å². The van der Waals surface area contributed by atoms with Crippen LogP contribution < -0.4 is 4.74 Å². The first kappa shape index (κ1) is 32.6. The number of ether oxygens (including phenoxy) is 2. The van der Waals surface area contributed by atoms with Crippen LogP contribution in [-0.4, -0.2) is 41.1 Å². The number of methoxy groups -OCH3 is 1. The van der Waals surface area contributed by atoms with Crippen LogP contribution in [0.3, 0.4) is 0 Å². The number of rotatable bonds is 13. The summed E-state index contributed by atoms with van der Waals surface area (Å²) in [4.78, 5) is 25.9. The normalized spacial score (nSPS) is 16.1. The van der Waals surface area contributed by atoms with Crippen LogP contribution in [0.25, 0.3) is 11.5 Å². The predicted molar refractivity (Wildman–Crippen MR) is 143 cm³/mol. The lowest BCUT2D eigenvalue weighted by molar-refractivity contribution is -0.424. The maximum atomic E-state index is 15.4. The van der Waals surface area contributed by atoms with Crippen molar-refractivity contribution >= 4 is 23.1 Å². The molecular formula is C30H34F4O6. The molecule has 0 bridgehead atoms. The molecule has 6 nitrogen and oxygen atoms in total. The summed E-state index contributed by atoms with van der Waals surface area (Å²) in [6, 6.07) is 11.9. The SMILES string of the molecule is CCC(C)(C(=O)/C=C(\O)c1ccc(C)cc1)C(F)(F)OC(F)(F)C(C)(CC)C(=O)/C=C(\O)c1ccc(OC)cc1. The molecule has 40 heavy (non-hydrogen) atoms. The molecule has 0 radical (unpaired) electrons. The minimum Gasteiger partial charge on any atom is -0.507 e. The van der Waals surface area contributed by atoms with Gasteiger partial charge in [0.25, 0.3) is 0 Å². The highest BCUT2D eigenvalue weighted by atomic mass is 19.3. The molecule has 0 aliphatic heterocycles. The molecule has 2 aromatic rings. The van der Waals surface area contributed by atoms with Crippen molar-refractivity contribution in [1.29, 1.82) is 0 Å². The van der Waals surface area contributed by atoms with E-state index in [9.17, 15) is 19.8 Å². The van der Waals surface area contributed by atoms with Gasteiger partial charge >= 0.3 is 12.2 Å². The highest BCUT2D eigenvalue weighted by Crippen LogP contribution is 2.51. The summed E-state index contributed by atoms with van der Waals surface area (Å²) in [6.45, 7) is 5.62. The summed E-state index contributed by atoms with van der Waals surface area (Å²) in [6.07, 6.45) is -9.77. The van der Waals surface area contributed by atoms with E-state index in [1.54, 1.807) is 19.1 Å². The molecule has 0 saturated heterocycles. The smallest absolute Gasteiger partial charge is 0.372 e. The number of benzene rings is 2.